The number of ether oxygens (including phenoxy) is 4. The summed E-state index contributed by atoms with van der Waals surface area (Å²) in [6.07, 6.45) is 2.69. The quantitative estimate of drug-likeness (QED) is 0.315. The maximum absolute atomic E-state index is 13.8. The third-order valence-corrected chi connectivity index (χ3v) is 7.40. The van der Waals surface area contributed by atoms with Crippen LogP contribution >= 0.6 is 0 Å². The van der Waals surface area contributed by atoms with E-state index < -0.39 is 12.1 Å². The van der Waals surface area contributed by atoms with E-state index in [4.69, 9.17) is 18.9 Å². The Bertz CT molecular complexity index is 1570. The minimum absolute atomic E-state index is 0.185. The number of amides is 2. The van der Waals surface area contributed by atoms with Gasteiger partial charge in [0.25, 0.3) is 0 Å². The molecular weight excluding hydrogens is 552 g/mol. The van der Waals surface area contributed by atoms with Crippen LogP contribution in [0.5, 0.6) is 23.1 Å². The monoisotopic (exact) mass is 590 g/mol. The van der Waals surface area contributed by atoms with E-state index >= 15 is 0 Å². The van der Waals surface area contributed by atoms with Gasteiger partial charge >= 0.3 is 0 Å². The third kappa shape index (κ3) is 6.50. The number of nitrogens with one attached hydrogen (secondary N) is 3. The van der Waals surface area contributed by atoms with Crippen LogP contribution in [-0.2, 0) is 16.0 Å². The largest absolute Gasteiger partial charge is 0.493 e. The topological polar surface area (TPSA) is 137 Å². The first-order chi connectivity index (χ1) is 20.6. The molecule has 0 aliphatic heterocycles. The lowest BCUT2D eigenvalue weighted by molar-refractivity contribution is -0.120. The average molecular weight is 591 g/mol. The van der Waals surface area contributed by atoms with Gasteiger partial charge in [-0.25, -0.2) is 4.98 Å². The number of aromatic nitrogens is 1. The number of nitrogens with zero attached hydrogens (tertiary/aromatic N) is 1. The van der Waals surface area contributed by atoms with Crippen molar-refractivity contribution in [3.63, 3.8) is 0 Å². The molecule has 1 aromatic heterocycles. The van der Waals surface area contributed by atoms with Gasteiger partial charge in [0.1, 0.15) is 11.7 Å². The van der Waals surface area contributed by atoms with Crippen molar-refractivity contribution in [2.24, 2.45) is 5.92 Å². The number of aryl methyl sites for hydroxylation is 1. The van der Waals surface area contributed by atoms with E-state index in [0.29, 0.717) is 46.9 Å². The highest BCUT2D eigenvalue weighted by molar-refractivity contribution is 5.97. The van der Waals surface area contributed by atoms with Crippen molar-refractivity contribution in [1.29, 1.82) is 0 Å². The van der Waals surface area contributed by atoms with Crippen molar-refractivity contribution in [3.8, 4) is 34.3 Å². The number of benzene rings is 1. The van der Waals surface area contributed by atoms with Crippen molar-refractivity contribution in [2.75, 3.05) is 39.1 Å². The molecule has 2 amide bonds. The SMILES string of the molecule is COc1cc2c(c(OC)c1OC)-c1ccc(NC(C(=O)Nc3cccnc3OC)C(C)C)c(=O)cc1C(NC(C)=O)CC2. The number of rotatable bonds is 10. The minimum Gasteiger partial charge on any atom is -0.493 e. The van der Waals surface area contributed by atoms with Crippen LogP contribution in [0.15, 0.2) is 47.4 Å². The van der Waals surface area contributed by atoms with Crippen molar-refractivity contribution >= 4 is 23.2 Å². The fourth-order valence-electron chi connectivity index (χ4n) is 5.39. The van der Waals surface area contributed by atoms with E-state index in [0.717, 1.165) is 11.1 Å². The molecule has 3 aromatic rings. The first-order valence-electron chi connectivity index (χ1n) is 14.0. The van der Waals surface area contributed by atoms with Gasteiger partial charge in [-0.15, -0.1) is 0 Å². The summed E-state index contributed by atoms with van der Waals surface area (Å²) < 4.78 is 22.4. The van der Waals surface area contributed by atoms with Gasteiger partial charge in [-0.3, -0.25) is 14.4 Å². The minimum atomic E-state index is -0.767. The summed E-state index contributed by atoms with van der Waals surface area (Å²) in [7, 11) is 6.11. The zero-order chi connectivity index (χ0) is 31.3. The lowest BCUT2D eigenvalue weighted by atomic mass is 9.95. The fraction of sp³-hybridized carbons (Fsp3) is 0.375. The zero-order valence-corrected chi connectivity index (χ0v) is 25.5. The first-order valence-corrected chi connectivity index (χ1v) is 14.0. The van der Waals surface area contributed by atoms with E-state index in [1.165, 1.54) is 27.2 Å². The molecule has 0 saturated carbocycles. The van der Waals surface area contributed by atoms with Crippen molar-refractivity contribution in [2.45, 2.75) is 45.7 Å². The van der Waals surface area contributed by atoms with Crippen LogP contribution in [0.1, 0.15) is 44.4 Å². The normalized spacial score (nSPS) is 14.4. The summed E-state index contributed by atoms with van der Waals surface area (Å²) in [5.41, 5.74) is 3.29. The van der Waals surface area contributed by atoms with E-state index in [9.17, 15) is 14.4 Å². The molecule has 2 aromatic carbocycles. The molecule has 11 heteroatoms. The summed E-state index contributed by atoms with van der Waals surface area (Å²) in [4.78, 5) is 43.5. The average Bonchev–Trinajstić information content (AvgIpc) is 3.22. The lowest BCUT2D eigenvalue weighted by Gasteiger charge is -2.22. The Morgan fingerprint density at radius 2 is 1.70 bits per heavy atom. The Morgan fingerprint density at radius 1 is 0.953 bits per heavy atom. The van der Waals surface area contributed by atoms with Gasteiger partial charge in [0.2, 0.25) is 28.9 Å². The molecule has 1 aliphatic carbocycles. The van der Waals surface area contributed by atoms with Crippen LogP contribution in [-0.4, -0.2) is 51.3 Å². The Morgan fingerprint density at radius 3 is 2.33 bits per heavy atom. The number of carbonyl (C=O) groups excluding carboxylic acids is 2. The molecule has 4 rings (SSSR count). The molecule has 0 radical (unpaired) electrons. The van der Waals surface area contributed by atoms with Crippen LogP contribution in [0.3, 0.4) is 0 Å². The summed E-state index contributed by atoms with van der Waals surface area (Å²) in [5, 5.41) is 9.02. The second-order valence-corrected chi connectivity index (χ2v) is 10.5. The third-order valence-electron chi connectivity index (χ3n) is 7.40. The van der Waals surface area contributed by atoms with E-state index in [1.54, 1.807) is 38.6 Å². The lowest BCUT2D eigenvalue weighted by Crippen LogP contribution is -2.40. The predicted octanol–water partition coefficient (Wildman–Crippen LogP) is 4.34. The number of methoxy groups -OCH3 is 4. The molecule has 228 valence electrons. The molecule has 1 aliphatic rings. The van der Waals surface area contributed by atoms with Gasteiger partial charge in [-0.2, -0.15) is 0 Å². The highest BCUT2D eigenvalue weighted by Crippen LogP contribution is 2.50. The summed E-state index contributed by atoms with van der Waals surface area (Å²) in [5.74, 6) is 0.914. The van der Waals surface area contributed by atoms with E-state index in [2.05, 4.69) is 20.9 Å². The Hall–Kier alpha value is -4.80. The van der Waals surface area contributed by atoms with Gasteiger partial charge in [0.15, 0.2) is 11.5 Å². The fourth-order valence-corrected chi connectivity index (χ4v) is 5.39. The van der Waals surface area contributed by atoms with Gasteiger partial charge in [0, 0.05) is 18.7 Å². The summed E-state index contributed by atoms with van der Waals surface area (Å²) >= 11 is 0. The van der Waals surface area contributed by atoms with Gasteiger partial charge in [0.05, 0.1) is 40.2 Å². The number of hydrogen-bond acceptors (Lipinski definition) is 9. The predicted molar refractivity (Wildman–Crippen MR) is 164 cm³/mol. The highest BCUT2D eigenvalue weighted by atomic mass is 16.5. The van der Waals surface area contributed by atoms with E-state index in [-0.39, 0.29) is 34.7 Å². The molecule has 0 spiro atoms. The zero-order valence-electron chi connectivity index (χ0n) is 25.5. The molecule has 2 unspecified atom stereocenters. The molecule has 0 saturated heterocycles. The molecule has 11 nitrogen and oxygen atoms in total. The molecule has 1 heterocycles. The second-order valence-electron chi connectivity index (χ2n) is 10.5. The van der Waals surface area contributed by atoms with Crippen LogP contribution in [0.4, 0.5) is 11.4 Å². The van der Waals surface area contributed by atoms with Gasteiger partial charge < -0.3 is 34.9 Å². The maximum Gasteiger partial charge on any atom is 0.247 e. The first kappa shape index (κ1) is 31.1. The van der Waals surface area contributed by atoms with Crippen LogP contribution in [0.2, 0.25) is 0 Å². The Labute approximate surface area is 250 Å². The molecular formula is C32H38N4O7. The molecule has 0 bridgehead atoms. The van der Waals surface area contributed by atoms with Crippen molar-refractivity contribution in [3.05, 3.63) is 63.9 Å². The Balaban J connectivity index is 1.85. The highest BCUT2D eigenvalue weighted by Gasteiger charge is 2.30. The molecule has 3 N–H and O–H groups in total. The van der Waals surface area contributed by atoms with Crippen LogP contribution < -0.4 is 40.3 Å². The van der Waals surface area contributed by atoms with Crippen LogP contribution in [0, 0.1) is 5.92 Å². The Kier molecular flexibility index (Phi) is 9.74. The van der Waals surface area contributed by atoms with Gasteiger partial charge in [-0.1, -0.05) is 19.9 Å². The maximum atomic E-state index is 13.8. The molecule has 43 heavy (non-hydrogen) atoms. The van der Waals surface area contributed by atoms with E-state index in [1.807, 2.05) is 26.0 Å². The standard InChI is InChI=1S/C32H38N4O7/c1-17(2)28(31(39)36-24-9-8-14-33-32(24)43-7)35-23-13-11-20-21(16-25(23)38)22(34-18(3)37)12-10-19-15-26(40-4)29(41-5)30(42-6)27(19)20/h8-9,11,13-17,22,28H,10,12H2,1-7H3,(H,34,37)(H,35,38)(H,36,39). The summed E-state index contributed by atoms with van der Waals surface area (Å²) in [6, 6.07) is 9.05. The number of fused-ring (bicyclic) bond motifs is 3. The number of pyridine rings is 1. The van der Waals surface area contributed by atoms with Crippen molar-refractivity contribution < 1.29 is 28.5 Å². The number of hydrogen-bond donors (Lipinski definition) is 3. The van der Waals surface area contributed by atoms with Crippen molar-refractivity contribution in [1.82, 2.24) is 10.3 Å². The van der Waals surface area contributed by atoms with Gasteiger partial charge in [-0.05, 0) is 65.8 Å². The summed E-state index contributed by atoms with van der Waals surface area (Å²) in [6.45, 7) is 5.21. The molecule has 2 atom stereocenters. The smallest absolute Gasteiger partial charge is 0.247 e. The molecule has 0 fully saturated rings. The van der Waals surface area contributed by atoms with Crippen LogP contribution in [0.25, 0.3) is 11.1 Å². The number of carbonyl (C=O) groups is 2. The number of anilines is 2. The second kappa shape index (κ2) is 13.5.